The molecule has 1 aliphatic heterocycles. The van der Waals surface area contributed by atoms with Crippen molar-refractivity contribution in [1.82, 2.24) is 4.90 Å². The maximum absolute atomic E-state index is 12.9. The van der Waals surface area contributed by atoms with E-state index < -0.39 is 11.4 Å². The van der Waals surface area contributed by atoms with Crippen LogP contribution >= 0.6 is 15.9 Å². The van der Waals surface area contributed by atoms with Crippen molar-refractivity contribution in [2.75, 3.05) is 19.7 Å². The fourth-order valence-electron chi connectivity index (χ4n) is 5.28. The predicted octanol–water partition coefficient (Wildman–Crippen LogP) is 6.11. The van der Waals surface area contributed by atoms with Crippen LogP contribution in [0.25, 0.3) is 11.1 Å². The third-order valence-electron chi connectivity index (χ3n) is 7.26. The molecular weight excluding hydrogens is 494 g/mol. The summed E-state index contributed by atoms with van der Waals surface area (Å²) < 4.78 is 6.69. The summed E-state index contributed by atoms with van der Waals surface area (Å²) in [5, 5.41) is 10.0. The molecule has 0 spiro atoms. The fourth-order valence-corrected chi connectivity index (χ4v) is 5.70. The first-order valence-corrected chi connectivity index (χ1v) is 12.3. The van der Waals surface area contributed by atoms with E-state index in [2.05, 4.69) is 40.2 Å². The number of nitrogens with zero attached hydrogens (tertiary/aromatic N) is 1. The Kier molecular flexibility index (Phi) is 6.17. The van der Waals surface area contributed by atoms with Gasteiger partial charge in [-0.25, -0.2) is 4.79 Å². The summed E-state index contributed by atoms with van der Waals surface area (Å²) in [6.07, 6.45) is 0.853. The standard InChI is InChI=1S/C28H26BrNO4/c29-25-12-6-1-7-19(25)17-28(26(31)32)13-15-30(16-14-28)27(33)34-18-24-22-10-4-2-8-20(22)21-9-3-5-11-23(21)24/h1-12,24H,13-18H2,(H,31,32). The van der Waals surface area contributed by atoms with E-state index in [0.717, 1.165) is 10.0 Å². The number of aliphatic carboxylic acids is 1. The monoisotopic (exact) mass is 519 g/mol. The number of halogens is 1. The minimum Gasteiger partial charge on any atom is -0.481 e. The molecule has 5 nitrogen and oxygen atoms in total. The summed E-state index contributed by atoms with van der Waals surface area (Å²) in [6, 6.07) is 24.2. The Morgan fingerprint density at radius 3 is 2.06 bits per heavy atom. The normalized spacial score (nSPS) is 16.6. The zero-order valence-corrected chi connectivity index (χ0v) is 20.3. The highest BCUT2D eigenvalue weighted by Gasteiger charge is 2.43. The second-order valence-corrected chi connectivity index (χ2v) is 10.00. The summed E-state index contributed by atoms with van der Waals surface area (Å²) in [5.41, 5.74) is 4.82. The van der Waals surface area contributed by atoms with Crippen LogP contribution in [0.4, 0.5) is 4.79 Å². The lowest BCUT2D eigenvalue weighted by atomic mass is 9.74. The van der Waals surface area contributed by atoms with Crippen molar-refractivity contribution in [3.05, 3.63) is 94.0 Å². The van der Waals surface area contributed by atoms with Gasteiger partial charge in [0.25, 0.3) is 0 Å². The van der Waals surface area contributed by atoms with Gasteiger partial charge in [-0.2, -0.15) is 0 Å². The van der Waals surface area contributed by atoms with Crippen LogP contribution in [0.15, 0.2) is 77.3 Å². The number of hydrogen-bond donors (Lipinski definition) is 1. The quantitative estimate of drug-likeness (QED) is 0.441. The average molecular weight is 520 g/mol. The van der Waals surface area contributed by atoms with Crippen LogP contribution in [0.3, 0.4) is 0 Å². The van der Waals surface area contributed by atoms with E-state index in [9.17, 15) is 14.7 Å². The van der Waals surface area contributed by atoms with E-state index in [-0.39, 0.29) is 18.6 Å². The Labute approximate surface area is 207 Å². The van der Waals surface area contributed by atoms with Crippen molar-refractivity contribution >= 4 is 28.0 Å². The highest BCUT2D eigenvalue weighted by Crippen LogP contribution is 2.44. The van der Waals surface area contributed by atoms with Crippen molar-refractivity contribution in [3.8, 4) is 11.1 Å². The second-order valence-electron chi connectivity index (χ2n) is 9.14. The number of carbonyl (C=O) groups excluding carboxylic acids is 1. The molecule has 3 aromatic carbocycles. The van der Waals surface area contributed by atoms with E-state index in [1.165, 1.54) is 22.3 Å². The van der Waals surface area contributed by atoms with Gasteiger partial charge in [-0.05, 0) is 53.1 Å². The summed E-state index contributed by atoms with van der Waals surface area (Å²) in [4.78, 5) is 26.8. The molecule has 2 aliphatic rings. The van der Waals surface area contributed by atoms with Gasteiger partial charge >= 0.3 is 12.1 Å². The molecule has 0 aromatic heterocycles. The van der Waals surface area contributed by atoms with Crippen LogP contribution in [0.5, 0.6) is 0 Å². The van der Waals surface area contributed by atoms with Gasteiger partial charge in [0, 0.05) is 23.5 Å². The lowest BCUT2D eigenvalue weighted by molar-refractivity contribution is -0.151. The molecule has 1 N–H and O–H groups in total. The van der Waals surface area contributed by atoms with E-state index in [1.807, 2.05) is 48.5 Å². The molecule has 0 radical (unpaired) electrons. The summed E-state index contributed by atoms with van der Waals surface area (Å²) in [7, 11) is 0. The molecule has 0 bridgehead atoms. The van der Waals surface area contributed by atoms with Crippen molar-refractivity contribution in [2.24, 2.45) is 5.41 Å². The summed E-state index contributed by atoms with van der Waals surface area (Å²) in [6.45, 7) is 1.01. The number of rotatable bonds is 5. The zero-order valence-electron chi connectivity index (χ0n) is 18.7. The van der Waals surface area contributed by atoms with Gasteiger partial charge in [-0.3, -0.25) is 4.79 Å². The molecular formula is C28H26BrNO4. The molecule has 1 amide bonds. The minimum atomic E-state index is -0.885. The predicted molar refractivity (Wildman–Crippen MR) is 134 cm³/mol. The molecule has 1 fully saturated rings. The molecule has 0 saturated carbocycles. The molecule has 0 unspecified atom stereocenters. The van der Waals surface area contributed by atoms with Crippen LogP contribution in [-0.4, -0.2) is 41.8 Å². The number of amides is 1. The molecule has 6 heteroatoms. The topological polar surface area (TPSA) is 66.8 Å². The highest BCUT2D eigenvalue weighted by molar-refractivity contribution is 9.10. The van der Waals surface area contributed by atoms with Gasteiger partial charge in [0.15, 0.2) is 0 Å². The molecule has 1 heterocycles. The summed E-state index contributed by atoms with van der Waals surface area (Å²) >= 11 is 3.53. The van der Waals surface area contributed by atoms with Gasteiger partial charge < -0.3 is 14.7 Å². The number of likely N-dealkylation sites (tertiary alicyclic amines) is 1. The van der Waals surface area contributed by atoms with E-state index >= 15 is 0 Å². The van der Waals surface area contributed by atoms with Gasteiger partial charge in [0.05, 0.1) is 5.41 Å². The van der Waals surface area contributed by atoms with Crippen LogP contribution in [0, 0.1) is 5.41 Å². The van der Waals surface area contributed by atoms with Crippen LogP contribution in [-0.2, 0) is 16.0 Å². The first kappa shape index (κ1) is 22.7. The van der Waals surface area contributed by atoms with Gasteiger partial charge in [0.1, 0.15) is 6.61 Å². The maximum atomic E-state index is 12.9. The fraction of sp³-hybridized carbons (Fsp3) is 0.286. The van der Waals surface area contributed by atoms with E-state index in [1.54, 1.807) is 4.90 Å². The van der Waals surface area contributed by atoms with Crippen molar-refractivity contribution in [3.63, 3.8) is 0 Å². The Balaban J connectivity index is 1.24. The SMILES string of the molecule is O=C(OCC1c2ccccc2-c2ccccc21)N1CCC(Cc2ccccc2Br)(C(=O)O)CC1. The number of fused-ring (bicyclic) bond motifs is 3. The number of carbonyl (C=O) groups is 2. The maximum Gasteiger partial charge on any atom is 0.409 e. The lowest BCUT2D eigenvalue weighted by Gasteiger charge is -2.38. The van der Waals surface area contributed by atoms with Gasteiger partial charge in [0.2, 0.25) is 0 Å². The number of carboxylic acids is 1. The molecule has 1 saturated heterocycles. The second kappa shape index (κ2) is 9.26. The van der Waals surface area contributed by atoms with Gasteiger partial charge in [-0.15, -0.1) is 0 Å². The van der Waals surface area contributed by atoms with Crippen LogP contribution in [0.1, 0.15) is 35.4 Å². The number of carboxylic acid groups (broad SMARTS) is 1. The first-order valence-electron chi connectivity index (χ1n) is 11.6. The van der Waals surface area contributed by atoms with Crippen molar-refractivity contribution in [1.29, 1.82) is 0 Å². The highest BCUT2D eigenvalue weighted by atomic mass is 79.9. The van der Waals surface area contributed by atoms with Crippen LogP contribution in [0.2, 0.25) is 0 Å². The van der Waals surface area contributed by atoms with Crippen molar-refractivity contribution in [2.45, 2.75) is 25.2 Å². The Bertz CT molecular complexity index is 1190. The Morgan fingerprint density at radius 2 is 1.47 bits per heavy atom. The number of benzene rings is 3. The third kappa shape index (κ3) is 4.11. The molecule has 34 heavy (non-hydrogen) atoms. The minimum absolute atomic E-state index is 0.00896. The first-order chi connectivity index (χ1) is 16.5. The van der Waals surface area contributed by atoms with Crippen molar-refractivity contribution < 1.29 is 19.4 Å². The molecule has 0 atom stereocenters. The third-order valence-corrected chi connectivity index (χ3v) is 8.03. The van der Waals surface area contributed by atoms with E-state index in [0.29, 0.717) is 32.4 Å². The van der Waals surface area contributed by atoms with Gasteiger partial charge in [-0.1, -0.05) is 82.7 Å². The lowest BCUT2D eigenvalue weighted by Crippen LogP contribution is -2.48. The molecule has 174 valence electrons. The average Bonchev–Trinajstić information content (AvgIpc) is 3.18. The largest absolute Gasteiger partial charge is 0.481 e. The number of piperidine rings is 1. The zero-order chi connectivity index (χ0) is 23.7. The number of hydrogen-bond acceptors (Lipinski definition) is 3. The molecule has 1 aliphatic carbocycles. The van der Waals surface area contributed by atoms with E-state index in [4.69, 9.17) is 4.74 Å². The van der Waals surface area contributed by atoms with Crippen LogP contribution < -0.4 is 0 Å². The molecule has 5 rings (SSSR count). The smallest absolute Gasteiger partial charge is 0.409 e. The Hall–Kier alpha value is -3.12. The Morgan fingerprint density at radius 1 is 0.912 bits per heavy atom. The molecule has 3 aromatic rings. The number of ether oxygens (including phenoxy) is 1. The summed E-state index contributed by atoms with van der Waals surface area (Å²) in [5.74, 6) is -0.801.